The molecule has 0 N–H and O–H groups in total. The molecule has 1 fully saturated rings. The van der Waals surface area contributed by atoms with E-state index < -0.39 is 0 Å². The van der Waals surface area contributed by atoms with Crippen LogP contribution >= 0.6 is 0 Å². The maximum Gasteiger partial charge on any atom is 0.115 e. The Morgan fingerprint density at radius 1 is 0.633 bits per heavy atom. The SMILES string of the molecule is c1ccc(COC[C@H]2OC[C@H](OCc3ccccc3)[C@H]2OCc2ccccc2)cc1. The van der Waals surface area contributed by atoms with E-state index >= 15 is 0 Å². The van der Waals surface area contributed by atoms with Gasteiger partial charge in [0.25, 0.3) is 0 Å². The van der Waals surface area contributed by atoms with Crippen LogP contribution in [0.1, 0.15) is 16.7 Å². The Balaban J connectivity index is 1.35. The van der Waals surface area contributed by atoms with Crippen LogP contribution in [0.25, 0.3) is 0 Å². The van der Waals surface area contributed by atoms with Crippen LogP contribution in [-0.4, -0.2) is 31.5 Å². The summed E-state index contributed by atoms with van der Waals surface area (Å²) in [5, 5.41) is 0. The lowest BCUT2D eigenvalue weighted by Gasteiger charge is -2.24. The Bertz CT molecular complexity index is 854. The maximum absolute atomic E-state index is 6.28. The van der Waals surface area contributed by atoms with E-state index in [4.69, 9.17) is 18.9 Å². The monoisotopic (exact) mass is 404 g/mol. The Morgan fingerprint density at radius 3 is 1.70 bits per heavy atom. The Hall–Kier alpha value is -2.50. The van der Waals surface area contributed by atoms with Gasteiger partial charge in [0.05, 0.1) is 33.0 Å². The first-order valence-electron chi connectivity index (χ1n) is 10.4. The maximum atomic E-state index is 6.28. The molecule has 0 aromatic heterocycles. The lowest BCUT2D eigenvalue weighted by molar-refractivity contribution is -0.0895. The molecule has 0 bridgehead atoms. The topological polar surface area (TPSA) is 36.9 Å². The minimum Gasteiger partial charge on any atom is -0.374 e. The summed E-state index contributed by atoms with van der Waals surface area (Å²) >= 11 is 0. The van der Waals surface area contributed by atoms with Gasteiger partial charge >= 0.3 is 0 Å². The molecule has 1 saturated heterocycles. The van der Waals surface area contributed by atoms with Gasteiger partial charge in [0.15, 0.2) is 0 Å². The third kappa shape index (κ3) is 6.00. The summed E-state index contributed by atoms with van der Waals surface area (Å²) in [6.07, 6.45) is -0.456. The molecule has 3 atom stereocenters. The first-order chi connectivity index (χ1) is 14.9. The summed E-state index contributed by atoms with van der Waals surface area (Å²) in [4.78, 5) is 0. The predicted molar refractivity (Wildman–Crippen MR) is 116 cm³/mol. The van der Waals surface area contributed by atoms with Crippen LogP contribution in [0.2, 0.25) is 0 Å². The zero-order chi connectivity index (χ0) is 20.4. The zero-order valence-corrected chi connectivity index (χ0v) is 17.1. The molecule has 3 aromatic rings. The molecule has 0 spiro atoms. The predicted octanol–water partition coefficient (Wildman–Crippen LogP) is 4.77. The molecule has 156 valence electrons. The van der Waals surface area contributed by atoms with Crippen molar-refractivity contribution in [2.45, 2.75) is 38.1 Å². The third-order valence-electron chi connectivity index (χ3n) is 5.19. The van der Waals surface area contributed by atoms with Crippen molar-refractivity contribution < 1.29 is 18.9 Å². The third-order valence-corrected chi connectivity index (χ3v) is 5.19. The first-order valence-corrected chi connectivity index (χ1v) is 10.4. The van der Waals surface area contributed by atoms with Gasteiger partial charge in [-0.25, -0.2) is 0 Å². The van der Waals surface area contributed by atoms with Crippen molar-refractivity contribution in [1.82, 2.24) is 0 Å². The fourth-order valence-corrected chi connectivity index (χ4v) is 3.56. The number of hydrogen-bond acceptors (Lipinski definition) is 4. The van der Waals surface area contributed by atoms with Gasteiger partial charge in [0.1, 0.15) is 18.3 Å². The molecule has 4 rings (SSSR count). The van der Waals surface area contributed by atoms with Gasteiger partial charge in [0, 0.05) is 0 Å². The Labute approximate surface area is 178 Å². The molecule has 0 aliphatic carbocycles. The standard InChI is InChI=1S/C26H28O4/c1-4-10-21(11-5-1)16-27-19-24-26(30-18-23-14-8-3-9-15-23)25(20-29-24)28-17-22-12-6-2-7-13-22/h1-15,24-26H,16-20H2/t24-,25+,26+/m1/s1. The number of benzene rings is 3. The normalized spacial score (nSPS) is 21.0. The molecular weight excluding hydrogens is 376 g/mol. The Kier molecular flexibility index (Phi) is 7.64. The van der Waals surface area contributed by atoms with Gasteiger partial charge in [-0.1, -0.05) is 91.0 Å². The highest BCUT2D eigenvalue weighted by atomic mass is 16.6. The van der Waals surface area contributed by atoms with E-state index in [9.17, 15) is 0 Å². The molecule has 1 aliphatic heterocycles. The van der Waals surface area contributed by atoms with E-state index in [0.29, 0.717) is 33.0 Å². The second kappa shape index (κ2) is 11.0. The molecule has 0 radical (unpaired) electrons. The summed E-state index contributed by atoms with van der Waals surface area (Å²) in [6.45, 7) is 2.60. The zero-order valence-electron chi connectivity index (χ0n) is 17.1. The van der Waals surface area contributed by atoms with Crippen molar-refractivity contribution >= 4 is 0 Å². The second-order valence-corrected chi connectivity index (χ2v) is 7.47. The van der Waals surface area contributed by atoms with E-state index in [1.165, 1.54) is 0 Å². The molecule has 0 saturated carbocycles. The highest BCUT2D eigenvalue weighted by molar-refractivity contribution is 5.15. The quantitative estimate of drug-likeness (QED) is 0.488. The molecular formula is C26H28O4. The minimum atomic E-state index is -0.176. The first kappa shape index (κ1) is 20.8. The van der Waals surface area contributed by atoms with Crippen LogP contribution in [0, 0.1) is 0 Å². The molecule has 4 nitrogen and oxygen atoms in total. The van der Waals surface area contributed by atoms with Gasteiger partial charge in [-0.15, -0.1) is 0 Å². The highest BCUT2D eigenvalue weighted by Crippen LogP contribution is 2.24. The fourth-order valence-electron chi connectivity index (χ4n) is 3.56. The lowest BCUT2D eigenvalue weighted by Crippen LogP contribution is -2.37. The van der Waals surface area contributed by atoms with Crippen molar-refractivity contribution in [2.24, 2.45) is 0 Å². The van der Waals surface area contributed by atoms with E-state index in [0.717, 1.165) is 16.7 Å². The summed E-state index contributed by atoms with van der Waals surface area (Å²) in [5.41, 5.74) is 3.42. The average Bonchev–Trinajstić information content (AvgIpc) is 3.20. The summed E-state index contributed by atoms with van der Waals surface area (Å²) in [5.74, 6) is 0. The van der Waals surface area contributed by atoms with Crippen LogP contribution in [0.4, 0.5) is 0 Å². The van der Waals surface area contributed by atoms with Crippen LogP contribution in [0.5, 0.6) is 0 Å². The van der Waals surface area contributed by atoms with E-state index in [-0.39, 0.29) is 18.3 Å². The van der Waals surface area contributed by atoms with Crippen LogP contribution in [0.3, 0.4) is 0 Å². The van der Waals surface area contributed by atoms with Gasteiger partial charge in [-0.2, -0.15) is 0 Å². The van der Waals surface area contributed by atoms with Gasteiger partial charge in [-0.3, -0.25) is 0 Å². The van der Waals surface area contributed by atoms with E-state index in [1.54, 1.807) is 0 Å². The van der Waals surface area contributed by atoms with E-state index in [1.807, 2.05) is 54.6 Å². The lowest BCUT2D eigenvalue weighted by atomic mass is 10.1. The number of rotatable bonds is 10. The largest absolute Gasteiger partial charge is 0.374 e. The Morgan fingerprint density at radius 2 is 1.13 bits per heavy atom. The summed E-state index contributed by atoms with van der Waals surface area (Å²) in [6, 6.07) is 30.5. The summed E-state index contributed by atoms with van der Waals surface area (Å²) < 4.78 is 24.4. The number of ether oxygens (including phenoxy) is 4. The van der Waals surface area contributed by atoms with Gasteiger partial charge < -0.3 is 18.9 Å². The van der Waals surface area contributed by atoms with Gasteiger partial charge in [0.2, 0.25) is 0 Å². The molecule has 0 amide bonds. The second-order valence-electron chi connectivity index (χ2n) is 7.47. The fraction of sp³-hybridized carbons (Fsp3) is 0.308. The van der Waals surface area contributed by atoms with Crippen LogP contribution in [0.15, 0.2) is 91.0 Å². The smallest absolute Gasteiger partial charge is 0.115 e. The van der Waals surface area contributed by atoms with Crippen molar-refractivity contribution in [2.75, 3.05) is 13.2 Å². The molecule has 0 unspecified atom stereocenters. The molecule has 4 heteroatoms. The van der Waals surface area contributed by atoms with Crippen molar-refractivity contribution in [3.05, 3.63) is 108 Å². The molecule has 30 heavy (non-hydrogen) atoms. The molecule has 1 heterocycles. The molecule has 3 aromatic carbocycles. The van der Waals surface area contributed by atoms with Crippen molar-refractivity contribution in [3.8, 4) is 0 Å². The summed E-state index contributed by atoms with van der Waals surface area (Å²) in [7, 11) is 0. The highest BCUT2D eigenvalue weighted by Gasteiger charge is 2.39. The van der Waals surface area contributed by atoms with Crippen LogP contribution < -0.4 is 0 Å². The minimum absolute atomic E-state index is 0.126. The molecule has 1 aliphatic rings. The van der Waals surface area contributed by atoms with Crippen molar-refractivity contribution in [1.29, 1.82) is 0 Å². The number of hydrogen-bond donors (Lipinski definition) is 0. The van der Waals surface area contributed by atoms with Crippen LogP contribution in [-0.2, 0) is 38.8 Å². The average molecular weight is 405 g/mol. The van der Waals surface area contributed by atoms with Crippen molar-refractivity contribution in [3.63, 3.8) is 0 Å². The van der Waals surface area contributed by atoms with E-state index in [2.05, 4.69) is 36.4 Å². The van der Waals surface area contributed by atoms with Gasteiger partial charge in [-0.05, 0) is 16.7 Å².